The highest BCUT2D eigenvalue weighted by Crippen LogP contribution is 1.92. The molecule has 0 unspecified atom stereocenters. The molecular formula is C5H9NO4S2. The van der Waals surface area contributed by atoms with Crippen LogP contribution in [0.5, 0.6) is 0 Å². The molecule has 0 amide bonds. The van der Waals surface area contributed by atoms with Crippen LogP contribution in [0, 0.1) is 11.3 Å². The van der Waals surface area contributed by atoms with Crippen LogP contribution in [0.15, 0.2) is 0 Å². The lowest BCUT2D eigenvalue weighted by atomic mass is 10.9. The molecule has 0 fully saturated rings. The predicted molar refractivity (Wildman–Crippen MR) is 44.0 cm³/mol. The van der Waals surface area contributed by atoms with Crippen molar-refractivity contribution in [3.8, 4) is 6.07 Å². The molecule has 0 aliphatic heterocycles. The Morgan fingerprint density at radius 1 is 1.17 bits per heavy atom. The van der Waals surface area contributed by atoms with Gasteiger partial charge in [-0.25, -0.2) is 16.8 Å². The summed E-state index contributed by atoms with van der Waals surface area (Å²) in [5.41, 5.74) is 0. The lowest BCUT2D eigenvalue weighted by Gasteiger charge is -1.96. The molecule has 0 aromatic heterocycles. The van der Waals surface area contributed by atoms with E-state index in [0.717, 1.165) is 6.26 Å². The summed E-state index contributed by atoms with van der Waals surface area (Å²) in [4.78, 5) is 0. The summed E-state index contributed by atoms with van der Waals surface area (Å²) in [6, 6.07) is 1.46. The van der Waals surface area contributed by atoms with Gasteiger partial charge in [0.1, 0.15) is 15.6 Å². The zero-order valence-corrected chi connectivity index (χ0v) is 8.15. The minimum absolute atomic E-state index is 0.420. The molecule has 0 saturated carbocycles. The Labute approximate surface area is 71.8 Å². The van der Waals surface area contributed by atoms with E-state index in [2.05, 4.69) is 0 Å². The second-order valence-corrected chi connectivity index (χ2v) is 6.82. The van der Waals surface area contributed by atoms with Crippen LogP contribution in [-0.2, 0) is 19.7 Å². The van der Waals surface area contributed by atoms with E-state index in [-0.39, 0.29) is 0 Å². The maximum atomic E-state index is 10.8. The number of nitriles is 1. The van der Waals surface area contributed by atoms with Gasteiger partial charge in [0.2, 0.25) is 0 Å². The molecule has 0 atom stereocenters. The maximum Gasteiger partial charge on any atom is 0.164 e. The number of hydrogen-bond donors (Lipinski definition) is 0. The summed E-state index contributed by atoms with van der Waals surface area (Å²) >= 11 is 0. The first-order valence-electron chi connectivity index (χ1n) is 3.02. The second-order valence-electron chi connectivity index (χ2n) is 2.38. The number of sulfone groups is 2. The van der Waals surface area contributed by atoms with E-state index in [9.17, 15) is 16.8 Å². The summed E-state index contributed by atoms with van der Waals surface area (Å²) in [6.45, 7) is 0. The number of hydrogen-bond acceptors (Lipinski definition) is 5. The van der Waals surface area contributed by atoms with Gasteiger partial charge in [-0.2, -0.15) is 5.26 Å². The van der Waals surface area contributed by atoms with Gasteiger partial charge in [-0.3, -0.25) is 0 Å². The van der Waals surface area contributed by atoms with Crippen molar-refractivity contribution >= 4 is 19.7 Å². The summed E-state index contributed by atoms with van der Waals surface area (Å²) in [7, 11) is -6.77. The van der Waals surface area contributed by atoms with Crippen LogP contribution in [-0.4, -0.2) is 40.3 Å². The third-order valence-electron chi connectivity index (χ3n) is 1.05. The van der Waals surface area contributed by atoms with Crippen LogP contribution >= 0.6 is 0 Å². The molecular weight excluding hydrogens is 202 g/mol. The van der Waals surface area contributed by atoms with Crippen LogP contribution in [0.25, 0.3) is 0 Å². The van der Waals surface area contributed by atoms with Crippen LogP contribution in [0.3, 0.4) is 0 Å². The van der Waals surface area contributed by atoms with E-state index in [0.29, 0.717) is 0 Å². The van der Waals surface area contributed by atoms with Gasteiger partial charge in [0.25, 0.3) is 0 Å². The van der Waals surface area contributed by atoms with Gasteiger partial charge in [-0.15, -0.1) is 0 Å². The molecule has 0 aliphatic rings. The minimum atomic E-state index is -3.51. The predicted octanol–water partition coefficient (Wildman–Crippen LogP) is -1.03. The van der Waals surface area contributed by atoms with Crippen molar-refractivity contribution in [2.75, 3.05) is 23.5 Å². The van der Waals surface area contributed by atoms with E-state index in [1.165, 1.54) is 6.07 Å². The number of rotatable bonds is 4. The van der Waals surface area contributed by atoms with E-state index >= 15 is 0 Å². The Hall–Kier alpha value is -0.610. The van der Waals surface area contributed by atoms with Gasteiger partial charge in [0.15, 0.2) is 9.84 Å². The molecule has 0 bridgehead atoms. The van der Waals surface area contributed by atoms with Gasteiger partial charge in [-0.1, -0.05) is 0 Å². The lowest BCUT2D eigenvalue weighted by molar-refractivity contribution is 0.592. The van der Waals surface area contributed by atoms with Crippen molar-refractivity contribution in [1.82, 2.24) is 0 Å². The monoisotopic (exact) mass is 211 g/mol. The zero-order valence-electron chi connectivity index (χ0n) is 6.52. The molecule has 0 aromatic rings. The molecule has 0 saturated heterocycles. The Kier molecular flexibility index (Phi) is 3.67. The molecule has 7 heteroatoms. The highest BCUT2D eigenvalue weighted by molar-refractivity contribution is 7.94. The molecule has 0 aliphatic carbocycles. The average Bonchev–Trinajstić information content (AvgIpc) is 1.83. The third-order valence-corrected chi connectivity index (χ3v) is 3.65. The Morgan fingerprint density at radius 2 is 1.67 bits per heavy atom. The van der Waals surface area contributed by atoms with Crippen LogP contribution in [0.4, 0.5) is 0 Å². The van der Waals surface area contributed by atoms with E-state index < -0.39 is 36.9 Å². The van der Waals surface area contributed by atoms with E-state index in [1.807, 2.05) is 0 Å². The standard InChI is InChI=1S/C5H9NO4S2/c1-11(7,8)4-5-12(9,10)3-2-6/h3-5H2,1H3. The summed E-state index contributed by atoms with van der Waals surface area (Å²) in [5, 5.41) is 8.05. The molecule has 0 aromatic carbocycles. The largest absolute Gasteiger partial charge is 0.229 e. The SMILES string of the molecule is CS(=O)(=O)CCS(=O)(=O)CC#N. The number of nitrogens with zero attached hydrogens (tertiary/aromatic N) is 1. The van der Waals surface area contributed by atoms with Crippen molar-refractivity contribution in [3.05, 3.63) is 0 Å². The molecule has 12 heavy (non-hydrogen) atoms. The molecule has 70 valence electrons. The van der Waals surface area contributed by atoms with Gasteiger partial charge in [-0.05, 0) is 0 Å². The van der Waals surface area contributed by atoms with Gasteiger partial charge in [0.05, 0.1) is 17.6 Å². The fourth-order valence-electron chi connectivity index (χ4n) is 0.449. The summed E-state index contributed by atoms with van der Waals surface area (Å²) in [6.07, 6.45) is 0.953. The van der Waals surface area contributed by atoms with Crippen LogP contribution in [0.2, 0.25) is 0 Å². The van der Waals surface area contributed by atoms with Crippen molar-refractivity contribution < 1.29 is 16.8 Å². The smallest absolute Gasteiger partial charge is 0.164 e. The maximum absolute atomic E-state index is 10.8. The third kappa shape index (κ3) is 6.12. The molecule has 0 radical (unpaired) electrons. The molecule has 0 heterocycles. The Balaban J connectivity index is 4.24. The molecule has 5 nitrogen and oxygen atoms in total. The molecule has 0 rings (SSSR count). The van der Waals surface area contributed by atoms with Gasteiger partial charge in [0, 0.05) is 6.26 Å². The van der Waals surface area contributed by atoms with E-state index in [1.54, 1.807) is 0 Å². The fourth-order valence-corrected chi connectivity index (χ4v) is 3.02. The summed E-state index contributed by atoms with van der Waals surface area (Å²) in [5.74, 6) is -1.51. The van der Waals surface area contributed by atoms with E-state index in [4.69, 9.17) is 5.26 Å². The first-order chi connectivity index (χ1) is 5.27. The zero-order chi connectivity index (χ0) is 9.83. The molecule has 0 spiro atoms. The van der Waals surface area contributed by atoms with Gasteiger partial charge >= 0.3 is 0 Å². The normalized spacial score (nSPS) is 12.3. The first-order valence-corrected chi connectivity index (χ1v) is 6.90. The van der Waals surface area contributed by atoms with Crippen molar-refractivity contribution in [1.29, 1.82) is 5.26 Å². The van der Waals surface area contributed by atoms with Crippen molar-refractivity contribution in [2.45, 2.75) is 0 Å². The lowest BCUT2D eigenvalue weighted by Crippen LogP contribution is -2.17. The van der Waals surface area contributed by atoms with Crippen LogP contribution < -0.4 is 0 Å². The minimum Gasteiger partial charge on any atom is -0.229 e. The highest BCUT2D eigenvalue weighted by atomic mass is 32.2. The van der Waals surface area contributed by atoms with Crippen molar-refractivity contribution in [2.24, 2.45) is 0 Å². The van der Waals surface area contributed by atoms with Gasteiger partial charge < -0.3 is 0 Å². The first kappa shape index (κ1) is 11.4. The summed E-state index contributed by atoms with van der Waals surface area (Å²) < 4.78 is 42.7. The Bertz CT molecular complexity index is 372. The topological polar surface area (TPSA) is 92.1 Å². The van der Waals surface area contributed by atoms with Crippen molar-refractivity contribution in [3.63, 3.8) is 0 Å². The molecule has 0 N–H and O–H groups in total. The average molecular weight is 211 g/mol. The highest BCUT2D eigenvalue weighted by Gasteiger charge is 2.13. The quantitative estimate of drug-likeness (QED) is 0.592. The second kappa shape index (κ2) is 3.87. The Morgan fingerprint density at radius 3 is 2.00 bits per heavy atom. The fraction of sp³-hybridized carbons (Fsp3) is 0.800. The van der Waals surface area contributed by atoms with Crippen LogP contribution in [0.1, 0.15) is 0 Å².